The van der Waals surface area contributed by atoms with Crippen LogP contribution >= 0.6 is 0 Å². The Labute approximate surface area is 130 Å². The first-order chi connectivity index (χ1) is 10.5. The van der Waals surface area contributed by atoms with Gasteiger partial charge in [0.15, 0.2) is 17.2 Å². The molecule has 2 heterocycles. The lowest BCUT2D eigenvalue weighted by Crippen LogP contribution is -2.52. The molecule has 1 aromatic carbocycles. The predicted octanol–water partition coefficient (Wildman–Crippen LogP) is 1.88. The summed E-state index contributed by atoms with van der Waals surface area (Å²) in [6.45, 7) is 0.927. The van der Waals surface area contributed by atoms with E-state index in [1.807, 2.05) is 19.2 Å². The van der Waals surface area contributed by atoms with Gasteiger partial charge in [-0.3, -0.25) is 4.90 Å². The van der Waals surface area contributed by atoms with E-state index in [-0.39, 0.29) is 5.41 Å². The number of nitrogens with zero attached hydrogens (tertiary/aromatic N) is 1. The Kier molecular flexibility index (Phi) is 2.84. The molecule has 120 valence electrons. The van der Waals surface area contributed by atoms with E-state index in [9.17, 15) is 5.11 Å². The topological polar surface area (TPSA) is 54.5 Å². The Morgan fingerprint density at radius 1 is 1.14 bits per heavy atom. The molecular weight excluding hydrogens is 282 g/mol. The molecule has 0 amide bonds. The van der Waals surface area contributed by atoms with Crippen LogP contribution in [0.3, 0.4) is 0 Å². The lowest BCUT2D eigenvalue weighted by Gasteiger charge is -2.40. The van der Waals surface area contributed by atoms with Crippen LogP contribution in [0.25, 0.3) is 0 Å². The van der Waals surface area contributed by atoms with Gasteiger partial charge in [-0.05, 0) is 44.0 Å². The van der Waals surface area contributed by atoms with Crippen molar-refractivity contribution in [1.82, 2.24) is 4.90 Å². The fraction of sp³-hybridized carbons (Fsp3) is 0.647. The van der Waals surface area contributed by atoms with Crippen LogP contribution in [0.5, 0.6) is 11.5 Å². The molecule has 3 atom stereocenters. The SMILES string of the molecule is COc1ccc([C@@]23CCCC4(O)O[C@]42N(C)CC3)cc1OC. The molecule has 0 radical (unpaired) electrons. The van der Waals surface area contributed by atoms with Crippen LogP contribution in [-0.2, 0) is 10.2 Å². The molecule has 1 saturated carbocycles. The van der Waals surface area contributed by atoms with Crippen LogP contribution in [0.1, 0.15) is 31.2 Å². The Morgan fingerprint density at radius 3 is 2.64 bits per heavy atom. The van der Waals surface area contributed by atoms with Crippen molar-refractivity contribution in [3.8, 4) is 11.5 Å². The first-order valence-electron chi connectivity index (χ1n) is 7.89. The number of hydrogen-bond donors (Lipinski definition) is 1. The Hall–Kier alpha value is -1.30. The quantitative estimate of drug-likeness (QED) is 0.864. The van der Waals surface area contributed by atoms with Gasteiger partial charge < -0.3 is 19.3 Å². The highest BCUT2D eigenvalue weighted by molar-refractivity contribution is 5.49. The number of aliphatic hydroxyl groups is 1. The molecule has 1 aromatic rings. The van der Waals surface area contributed by atoms with Crippen LogP contribution in [0.2, 0.25) is 0 Å². The highest BCUT2D eigenvalue weighted by Gasteiger charge is 2.84. The summed E-state index contributed by atoms with van der Waals surface area (Å²) in [4.78, 5) is 2.18. The van der Waals surface area contributed by atoms with E-state index in [0.29, 0.717) is 6.42 Å². The lowest BCUT2D eigenvalue weighted by molar-refractivity contribution is 0.00909. The van der Waals surface area contributed by atoms with Gasteiger partial charge in [-0.1, -0.05) is 6.07 Å². The minimum absolute atomic E-state index is 0.172. The van der Waals surface area contributed by atoms with E-state index >= 15 is 0 Å². The van der Waals surface area contributed by atoms with E-state index in [2.05, 4.69) is 11.0 Å². The molecule has 5 heteroatoms. The van der Waals surface area contributed by atoms with Crippen molar-refractivity contribution >= 4 is 0 Å². The van der Waals surface area contributed by atoms with Crippen molar-refractivity contribution in [2.24, 2.45) is 0 Å². The molecule has 0 aromatic heterocycles. The second kappa shape index (κ2) is 4.37. The molecule has 2 aliphatic heterocycles. The van der Waals surface area contributed by atoms with E-state index in [1.54, 1.807) is 14.2 Å². The summed E-state index contributed by atoms with van der Waals surface area (Å²) in [6.07, 6.45) is 3.70. The second-order valence-corrected chi connectivity index (χ2v) is 6.71. The molecule has 1 spiro atoms. The zero-order chi connectivity index (χ0) is 15.6. The fourth-order valence-corrected chi connectivity index (χ4v) is 4.88. The molecule has 3 fully saturated rings. The number of likely N-dealkylation sites (N-methyl/N-ethyl adjacent to an activating group) is 1. The number of benzene rings is 1. The number of hydrogen-bond acceptors (Lipinski definition) is 5. The summed E-state index contributed by atoms with van der Waals surface area (Å²) in [5.41, 5.74) is 0.428. The molecule has 1 unspecified atom stereocenters. The van der Waals surface area contributed by atoms with E-state index in [4.69, 9.17) is 14.2 Å². The first kappa shape index (κ1) is 14.3. The summed E-state index contributed by atoms with van der Waals surface area (Å²) in [6, 6.07) is 6.09. The number of epoxide rings is 1. The van der Waals surface area contributed by atoms with Crippen LogP contribution in [-0.4, -0.2) is 49.3 Å². The summed E-state index contributed by atoms with van der Waals surface area (Å²) >= 11 is 0. The molecular formula is C17H23NO4. The molecule has 2 saturated heterocycles. The van der Waals surface area contributed by atoms with E-state index in [0.717, 1.165) is 37.3 Å². The molecule has 22 heavy (non-hydrogen) atoms. The number of likely N-dealkylation sites (tertiary alicyclic amines) is 1. The average Bonchev–Trinajstić information content (AvgIpc) is 3.10. The van der Waals surface area contributed by atoms with Crippen molar-refractivity contribution in [3.63, 3.8) is 0 Å². The van der Waals surface area contributed by atoms with Gasteiger partial charge in [0, 0.05) is 18.4 Å². The molecule has 1 aliphatic carbocycles. The third kappa shape index (κ3) is 1.44. The van der Waals surface area contributed by atoms with E-state index in [1.165, 1.54) is 5.56 Å². The Morgan fingerprint density at radius 2 is 1.91 bits per heavy atom. The van der Waals surface area contributed by atoms with Crippen molar-refractivity contribution < 1.29 is 19.3 Å². The first-order valence-corrected chi connectivity index (χ1v) is 7.89. The average molecular weight is 305 g/mol. The molecule has 3 aliphatic rings. The zero-order valence-electron chi connectivity index (χ0n) is 13.4. The van der Waals surface area contributed by atoms with Gasteiger partial charge in [0.2, 0.25) is 5.79 Å². The van der Waals surface area contributed by atoms with Gasteiger partial charge in [-0.15, -0.1) is 0 Å². The van der Waals surface area contributed by atoms with Gasteiger partial charge >= 0.3 is 0 Å². The summed E-state index contributed by atoms with van der Waals surface area (Å²) in [7, 11) is 5.34. The van der Waals surface area contributed by atoms with Gasteiger partial charge in [-0.25, -0.2) is 0 Å². The second-order valence-electron chi connectivity index (χ2n) is 6.71. The van der Waals surface area contributed by atoms with Crippen LogP contribution < -0.4 is 9.47 Å². The molecule has 0 bridgehead atoms. The number of methoxy groups -OCH3 is 2. The Balaban J connectivity index is 1.84. The molecule has 1 N–H and O–H groups in total. The predicted molar refractivity (Wildman–Crippen MR) is 81.1 cm³/mol. The van der Waals surface area contributed by atoms with Gasteiger partial charge in [0.1, 0.15) is 0 Å². The molecule has 4 rings (SSSR count). The van der Waals surface area contributed by atoms with Crippen LogP contribution in [0.15, 0.2) is 18.2 Å². The van der Waals surface area contributed by atoms with Gasteiger partial charge in [0.05, 0.1) is 14.2 Å². The highest BCUT2D eigenvalue weighted by Crippen LogP contribution is 2.70. The minimum Gasteiger partial charge on any atom is -0.493 e. The van der Waals surface area contributed by atoms with Gasteiger partial charge in [0.25, 0.3) is 0 Å². The van der Waals surface area contributed by atoms with Crippen molar-refractivity contribution in [2.75, 3.05) is 27.8 Å². The summed E-state index contributed by atoms with van der Waals surface area (Å²) in [5.74, 6) is 0.462. The largest absolute Gasteiger partial charge is 0.493 e. The van der Waals surface area contributed by atoms with Crippen molar-refractivity contribution in [2.45, 2.75) is 42.6 Å². The third-order valence-electron chi connectivity index (χ3n) is 5.92. The smallest absolute Gasteiger partial charge is 0.212 e. The third-order valence-corrected chi connectivity index (χ3v) is 5.92. The number of rotatable bonds is 3. The zero-order valence-corrected chi connectivity index (χ0v) is 13.4. The van der Waals surface area contributed by atoms with Crippen molar-refractivity contribution in [1.29, 1.82) is 0 Å². The standard InChI is InChI=1S/C17H23NO4/c1-18-10-9-15(7-4-8-16(19)17(15,18)22-16)12-5-6-13(20-2)14(11-12)21-3/h5-6,11,19H,4,7-10H2,1-3H3/t15-,16?,17-/m0/s1. The summed E-state index contributed by atoms with van der Waals surface area (Å²) in [5, 5.41) is 10.8. The maximum Gasteiger partial charge on any atom is 0.212 e. The lowest BCUT2D eigenvalue weighted by atomic mass is 9.65. The van der Waals surface area contributed by atoms with Crippen LogP contribution in [0, 0.1) is 0 Å². The normalized spacial score (nSPS) is 40.0. The molecule has 5 nitrogen and oxygen atoms in total. The highest BCUT2D eigenvalue weighted by atomic mass is 16.8. The Bertz CT molecular complexity index is 617. The van der Waals surface area contributed by atoms with Gasteiger partial charge in [-0.2, -0.15) is 0 Å². The van der Waals surface area contributed by atoms with E-state index < -0.39 is 11.5 Å². The monoisotopic (exact) mass is 305 g/mol. The van der Waals surface area contributed by atoms with Crippen molar-refractivity contribution in [3.05, 3.63) is 23.8 Å². The van der Waals surface area contributed by atoms with Crippen LogP contribution in [0.4, 0.5) is 0 Å². The fourth-order valence-electron chi connectivity index (χ4n) is 4.88. The minimum atomic E-state index is -0.996. The number of ether oxygens (including phenoxy) is 3. The summed E-state index contributed by atoms with van der Waals surface area (Å²) < 4.78 is 16.8. The maximum absolute atomic E-state index is 10.8. The maximum atomic E-state index is 10.8.